The number of hydrogen-bond acceptors (Lipinski definition) is 6. The Kier molecular flexibility index (Phi) is 5.52. The number of carbonyl (C=O) groups excluding carboxylic acids is 3. The van der Waals surface area contributed by atoms with E-state index in [1.807, 2.05) is 0 Å². The third-order valence-electron chi connectivity index (χ3n) is 2.41. The van der Waals surface area contributed by atoms with Crippen LogP contribution in [0, 0.1) is 0 Å². The van der Waals surface area contributed by atoms with E-state index in [0.717, 1.165) is 0 Å². The highest BCUT2D eigenvalue weighted by molar-refractivity contribution is 6.03. The molecule has 1 amide bonds. The maximum Gasteiger partial charge on any atom is 0.340 e. The molecule has 0 bridgehead atoms. The molecule has 0 aliphatic carbocycles. The first kappa shape index (κ1) is 15.5. The van der Waals surface area contributed by atoms with Gasteiger partial charge in [-0.3, -0.25) is 4.79 Å². The fourth-order valence-electron chi connectivity index (χ4n) is 1.51. The highest BCUT2D eigenvalue weighted by Crippen LogP contribution is 2.22. The lowest BCUT2D eigenvalue weighted by molar-refractivity contribution is -0.152. The van der Waals surface area contributed by atoms with Crippen molar-refractivity contribution < 1.29 is 23.9 Å². The molecule has 0 heterocycles. The lowest BCUT2D eigenvalue weighted by Crippen LogP contribution is -2.39. The molecular formula is C13H16N2O5. The van der Waals surface area contributed by atoms with Gasteiger partial charge < -0.3 is 20.1 Å². The SMILES string of the molecule is COC(=O)C(Nc1ccccc1NC(C)=O)C(=O)OC. The van der Waals surface area contributed by atoms with Crippen molar-refractivity contribution in [1.82, 2.24) is 0 Å². The monoisotopic (exact) mass is 280 g/mol. The van der Waals surface area contributed by atoms with E-state index in [1.165, 1.54) is 21.1 Å². The molecule has 20 heavy (non-hydrogen) atoms. The summed E-state index contributed by atoms with van der Waals surface area (Å²) in [4.78, 5) is 34.3. The molecule has 1 aromatic carbocycles. The summed E-state index contributed by atoms with van der Waals surface area (Å²) in [6.45, 7) is 1.36. The number of benzene rings is 1. The smallest absolute Gasteiger partial charge is 0.340 e. The minimum absolute atomic E-state index is 0.271. The normalized spacial score (nSPS) is 9.80. The molecule has 0 aromatic heterocycles. The Morgan fingerprint density at radius 1 is 1.00 bits per heavy atom. The van der Waals surface area contributed by atoms with E-state index in [-0.39, 0.29) is 5.91 Å². The van der Waals surface area contributed by atoms with Gasteiger partial charge in [0.1, 0.15) is 0 Å². The number of esters is 2. The van der Waals surface area contributed by atoms with Crippen molar-refractivity contribution in [2.24, 2.45) is 0 Å². The van der Waals surface area contributed by atoms with Gasteiger partial charge in [-0.05, 0) is 12.1 Å². The predicted octanol–water partition coefficient (Wildman–Crippen LogP) is 0.771. The molecule has 0 atom stereocenters. The largest absolute Gasteiger partial charge is 0.467 e. The number of para-hydroxylation sites is 2. The lowest BCUT2D eigenvalue weighted by Gasteiger charge is -2.17. The minimum atomic E-state index is -1.31. The van der Waals surface area contributed by atoms with E-state index in [1.54, 1.807) is 24.3 Å². The zero-order valence-corrected chi connectivity index (χ0v) is 11.4. The molecule has 0 spiro atoms. The number of rotatable bonds is 5. The Morgan fingerprint density at radius 3 is 1.95 bits per heavy atom. The summed E-state index contributed by atoms with van der Waals surface area (Å²) in [5, 5.41) is 5.28. The molecule has 0 saturated heterocycles. The average molecular weight is 280 g/mol. The quantitative estimate of drug-likeness (QED) is 0.611. The third kappa shape index (κ3) is 3.98. The van der Waals surface area contributed by atoms with Gasteiger partial charge in [0.2, 0.25) is 11.9 Å². The third-order valence-corrected chi connectivity index (χ3v) is 2.41. The Hall–Kier alpha value is -2.57. The summed E-state index contributed by atoms with van der Waals surface area (Å²) in [5.74, 6) is -1.84. The average Bonchev–Trinajstić information content (AvgIpc) is 2.44. The van der Waals surface area contributed by atoms with Crippen molar-refractivity contribution in [1.29, 1.82) is 0 Å². The molecule has 2 N–H and O–H groups in total. The zero-order valence-electron chi connectivity index (χ0n) is 11.4. The van der Waals surface area contributed by atoms with E-state index in [9.17, 15) is 14.4 Å². The van der Waals surface area contributed by atoms with Gasteiger partial charge in [-0.25, -0.2) is 9.59 Å². The molecule has 0 saturated carbocycles. The molecular weight excluding hydrogens is 264 g/mol. The Bertz CT molecular complexity index is 499. The van der Waals surface area contributed by atoms with Gasteiger partial charge in [0, 0.05) is 6.92 Å². The molecule has 0 unspecified atom stereocenters. The fourth-order valence-corrected chi connectivity index (χ4v) is 1.51. The van der Waals surface area contributed by atoms with Crippen LogP contribution in [0.2, 0.25) is 0 Å². The van der Waals surface area contributed by atoms with Gasteiger partial charge in [-0.1, -0.05) is 12.1 Å². The van der Waals surface area contributed by atoms with Gasteiger partial charge in [0.15, 0.2) is 0 Å². The topological polar surface area (TPSA) is 93.7 Å². The van der Waals surface area contributed by atoms with Crippen LogP contribution < -0.4 is 10.6 Å². The van der Waals surface area contributed by atoms with Gasteiger partial charge >= 0.3 is 11.9 Å². The summed E-state index contributed by atoms with van der Waals surface area (Å²) >= 11 is 0. The molecule has 108 valence electrons. The molecule has 0 fully saturated rings. The van der Waals surface area contributed by atoms with Crippen LogP contribution >= 0.6 is 0 Å². The Morgan fingerprint density at radius 2 is 1.50 bits per heavy atom. The van der Waals surface area contributed by atoms with Crippen LogP contribution in [0.3, 0.4) is 0 Å². The van der Waals surface area contributed by atoms with E-state index in [0.29, 0.717) is 11.4 Å². The van der Waals surface area contributed by atoms with Crippen LogP contribution in [0.15, 0.2) is 24.3 Å². The molecule has 1 rings (SSSR count). The summed E-state index contributed by atoms with van der Waals surface area (Å²) in [6, 6.07) is 5.35. The number of carbonyl (C=O) groups is 3. The van der Waals surface area contributed by atoms with E-state index >= 15 is 0 Å². The molecule has 0 aliphatic rings. The minimum Gasteiger partial charge on any atom is -0.467 e. The fraction of sp³-hybridized carbons (Fsp3) is 0.308. The molecule has 0 aliphatic heterocycles. The first-order chi connectivity index (χ1) is 9.49. The van der Waals surface area contributed by atoms with Crippen LogP contribution in [0.25, 0.3) is 0 Å². The van der Waals surface area contributed by atoms with Crippen molar-refractivity contribution in [2.45, 2.75) is 13.0 Å². The van der Waals surface area contributed by atoms with E-state index < -0.39 is 18.0 Å². The van der Waals surface area contributed by atoms with Gasteiger partial charge in [-0.15, -0.1) is 0 Å². The van der Waals surface area contributed by atoms with Crippen LogP contribution in [0.4, 0.5) is 11.4 Å². The molecule has 7 heteroatoms. The number of amides is 1. The number of methoxy groups -OCH3 is 2. The second-order valence-corrected chi connectivity index (χ2v) is 3.85. The number of anilines is 2. The number of ether oxygens (including phenoxy) is 2. The number of hydrogen-bond donors (Lipinski definition) is 2. The van der Waals surface area contributed by atoms with Crippen molar-refractivity contribution in [2.75, 3.05) is 24.9 Å². The molecule has 0 radical (unpaired) electrons. The van der Waals surface area contributed by atoms with Crippen LogP contribution in [-0.4, -0.2) is 38.1 Å². The summed E-state index contributed by atoms with van der Waals surface area (Å²) in [5.41, 5.74) is 0.848. The van der Waals surface area contributed by atoms with E-state index in [4.69, 9.17) is 0 Å². The Labute approximate surface area is 116 Å². The van der Waals surface area contributed by atoms with Gasteiger partial charge in [0.25, 0.3) is 0 Å². The zero-order chi connectivity index (χ0) is 15.1. The van der Waals surface area contributed by atoms with Crippen molar-refractivity contribution in [3.63, 3.8) is 0 Å². The van der Waals surface area contributed by atoms with Crippen LogP contribution in [-0.2, 0) is 23.9 Å². The first-order valence-corrected chi connectivity index (χ1v) is 5.78. The number of nitrogens with one attached hydrogen (secondary N) is 2. The second kappa shape index (κ2) is 7.13. The second-order valence-electron chi connectivity index (χ2n) is 3.85. The standard InChI is InChI=1S/C13H16N2O5/c1-8(16)14-9-6-4-5-7-10(9)15-11(12(17)19-2)13(18)20-3/h4-7,11,15H,1-3H3,(H,14,16). The van der Waals surface area contributed by atoms with Crippen LogP contribution in [0.1, 0.15) is 6.92 Å². The van der Waals surface area contributed by atoms with Gasteiger partial charge in [-0.2, -0.15) is 0 Å². The Balaban J connectivity index is 3.01. The molecule has 7 nitrogen and oxygen atoms in total. The van der Waals surface area contributed by atoms with Crippen molar-refractivity contribution >= 4 is 29.2 Å². The van der Waals surface area contributed by atoms with Crippen molar-refractivity contribution in [3.05, 3.63) is 24.3 Å². The molecule has 1 aromatic rings. The maximum absolute atomic E-state index is 11.6. The first-order valence-electron chi connectivity index (χ1n) is 5.78. The lowest BCUT2D eigenvalue weighted by atomic mass is 10.2. The summed E-state index contributed by atoms with van der Waals surface area (Å²) < 4.78 is 9.08. The summed E-state index contributed by atoms with van der Waals surface area (Å²) in [6.07, 6.45) is 0. The van der Waals surface area contributed by atoms with Crippen LogP contribution in [0.5, 0.6) is 0 Å². The predicted molar refractivity (Wildman–Crippen MR) is 72.2 cm³/mol. The van der Waals surface area contributed by atoms with Crippen molar-refractivity contribution in [3.8, 4) is 0 Å². The van der Waals surface area contributed by atoms with E-state index in [2.05, 4.69) is 20.1 Å². The maximum atomic E-state index is 11.6. The highest BCUT2D eigenvalue weighted by atomic mass is 16.5. The summed E-state index contributed by atoms with van der Waals surface area (Å²) in [7, 11) is 2.33. The van der Waals surface area contributed by atoms with Gasteiger partial charge in [0.05, 0.1) is 25.6 Å². The highest BCUT2D eigenvalue weighted by Gasteiger charge is 2.29.